The van der Waals surface area contributed by atoms with Crippen LogP contribution in [0.25, 0.3) is 0 Å². The Morgan fingerprint density at radius 2 is 1.03 bits per heavy atom. The third-order valence-corrected chi connectivity index (χ3v) is 33.9. The van der Waals surface area contributed by atoms with Gasteiger partial charge in [0.25, 0.3) is 5.91 Å². The predicted molar refractivity (Wildman–Crippen MR) is 364 cm³/mol. The molecule has 3 fully saturated rings. The molecular weight excluding hydrogens is 1270 g/mol. The van der Waals surface area contributed by atoms with Crippen LogP contribution in [0.3, 0.4) is 0 Å². The summed E-state index contributed by atoms with van der Waals surface area (Å²) in [5.74, 6) is -2.00. The van der Waals surface area contributed by atoms with Gasteiger partial charge in [0.15, 0.2) is 30.7 Å². The van der Waals surface area contributed by atoms with Crippen LogP contribution < -0.4 is 22.3 Å². The van der Waals surface area contributed by atoms with E-state index in [0.717, 1.165) is 29.1 Å². The largest absolute Gasteiger partial charge is 2.00 e. The number of halogens is 1. The second-order valence-corrected chi connectivity index (χ2v) is 47.5. The Labute approximate surface area is 566 Å². The number of nitrogens with one attached hydrogen (secondary N) is 1. The molecule has 24 heteroatoms. The van der Waals surface area contributed by atoms with E-state index in [4.69, 9.17) is 37.0 Å². The maximum absolute atomic E-state index is 13.0. The molecule has 3 heterocycles. The molecule has 510 valence electrons. The van der Waals surface area contributed by atoms with Crippen molar-refractivity contribution in [3.8, 4) is 0 Å². The first-order valence-corrected chi connectivity index (χ1v) is 42.1. The van der Waals surface area contributed by atoms with E-state index >= 15 is 0 Å². The minimum atomic E-state index is -2.30. The van der Waals surface area contributed by atoms with E-state index in [2.05, 4.69) is 141 Å². The summed E-state index contributed by atoms with van der Waals surface area (Å²) in [6.07, 6.45) is 6.46. The molecule has 3 aliphatic heterocycles. The summed E-state index contributed by atoms with van der Waals surface area (Å²) in [6.45, 7) is 63.5. The molecule has 18 nitrogen and oxygen atoms in total. The number of nitrogens with zero attached hydrogens (tertiary/aromatic N) is 2. The summed E-state index contributed by atoms with van der Waals surface area (Å²) < 4.78 is 44.5. The van der Waals surface area contributed by atoms with Gasteiger partial charge in [0.2, 0.25) is 0 Å². The van der Waals surface area contributed by atoms with Gasteiger partial charge in [-0.15, -0.1) is 25.8 Å². The summed E-state index contributed by atoms with van der Waals surface area (Å²) in [4.78, 5) is 76.6. The second kappa shape index (κ2) is 39.5. The third-order valence-electron chi connectivity index (χ3n) is 17.0. The number of likely N-dealkylation sites (tertiary alicyclic amines) is 2. The maximum atomic E-state index is 13.0. The van der Waals surface area contributed by atoms with E-state index < -0.39 is 96.2 Å². The maximum Gasteiger partial charge on any atom is 2.00 e. The summed E-state index contributed by atoms with van der Waals surface area (Å²) in [7, 11) is -2.64. The molecule has 0 bridgehead atoms. The summed E-state index contributed by atoms with van der Waals surface area (Å²) in [5, 5.41) is 15.1. The summed E-state index contributed by atoms with van der Waals surface area (Å²) >= 11 is 0. The molecule has 0 aromatic heterocycles. The molecule has 88 heavy (non-hydrogen) atoms. The first kappa shape index (κ1) is 92.2. The van der Waals surface area contributed by atoms with Gasteiger partial charge < -0.3 is 66.0 Å². The SMILES string of the molecule is C=CCCC1(O)[C@H](O[Si](C)(C)C(C)(C)C)C[C@@H](C(=O)OC)N1C(=O)OC(C)(C)C.C=CCC[C@@H]1N[C@H](C(=O)OC)C[C@H]1O[Si](C)(C)C(C)(C)C.C=CC[CH2-].CC[SiH](CC)CC.COC(=O)[C@@H]1C[C@@H](O[Si](C)(C)C(C)(C)C)C(=O)N1C(=O)OC(C)(C)C.[Br-].[Mg+2]. The topological polar surface area (TPSA) is 215 Å². The van der Waals surface area contributed by atoms with Crippen LogP contribution in [0.4, 0.5) is 9.59 Å². The fourth-order valence-electron chi connectivity index (χ4n) is 8.60. The normalized spacial score (nSPS) is 22.2. The van der Waals surface area contributed by atoms with Crippen LogP contribution in [0.1, 0.15) is 176 Å². The molecule has 3 saturated heterocycles. The molecule has 3 amide bonds. The average molecular weight is 1390 g/mol. The number of imide groups is 1. The summed E-state index contributed by atoms with van der Waals surface area (Å²) in [5.41, 5.74) is -3.27. The molecule has 0 spiro atoms. The van der Waals surface area contributed by atoms with E-state index in [1.807, 2.05) is 19.2 Å². The number of esters is 3. The van der Waals surface area contributed by atoms with Crippen molar-refractivity contribution in [2.45, 2.75) is 308 Å². The van der Waals surface area contributed by atoms with Crippen LogP contribution in [0, 0.1) is 6.92 Å². The van der Waals surface area contributed by atoms with Crippen LogP contribution in [0.15, 0.2) is 38.0 Å². The van der Waals surface area contributed by atoms with E-state index in [-0.39, 0.29) is 107 Å². The zero-order valence-electron chi connectivity index (χ0n) is 60.1. The Hall–Kier alpha value is -2.25. The van der Waals surface area contributed by atoms with Gasteiger partial charge in [-0.3, -0.25) is 19.8 Å². The quantitative estimate of drug-likeness (QED) is 0.0404. The Morgan fingerprint density at radius 1 is 0.636 bits per heavy atom. The number of carbonyl (C=O) groups excluding carboxylic acids is 6. The molecule has 0 saturated carbocycles. The van der Waals surface area contributed by atoms with Crippen molar-refractivity contribution in [3.05, 3.63) is 44.9 Å². The van der Waals surface area contributed by atoms with Crippen LogP contribution in [0.5, 0.6) is 0 Å². The number of methoxy groups -OCH3 is 3. The molecule has 0 aliphatic carbocycles. The smallest absolute Gasteiger partial charge is 1.00 e. The number of hydrogen-bond donors (Lipinski definition) is 2. The van der Waals surface area contributed by atoms with Crippen molar-refractivity contribution >= 4 is 92.8 Å². The standard InChI is InChI=1S/C21H39NO6Si.C17H31NO6Si.C16H31NO3Si.C6H16Si.C4H7.BrH.Mg/c1-11-12-13-21(25)16(28-29(9,10)20(5,6)7)14-15(17(23)26-8)22(21)18(24)27-19(2,3)4;1-16(2,3)23-15(21)18-11(14(20)22-7)10-12(13(18)19)24-25(8,9)17(4,5)6;1-8-9-10-12-14(11-13(17-12)15(18)19-5)20-21(6,7)16(2,3)4;1-4-7(5-2)6-3;1-3-4-2;;/h11,15-16,25H,1,12-14H2,2-10H3;11-12H,10H2,1-9H3;8,12-14,17H,1,9-11H2,2-7H3;7H,4-6H2,1-3H3;3H,1-2,4H2;1H;/q;;;;-1;;+2/p-1/t15-,16+,21?;11-,12+;12-,13-,14+;;;;/m000..../s1. The first-order valence-electron chi connectivity index (χ1n) is 30.9. The first-order chi connectivity index (χ1) is 39.0. The zero-order valence-corrected chi connectivity index (χ0v) is 67.3. The van der Waals surface area contributed by atoms with Gasteiger partial charge in [-0.05, 0) is 122 Å². The van der Waals surface area contributed by atoms with Crippen molar-refractivity contribution in [1.82, 2.24) is 15.1 Å². The molecule has 1 unspecified atom stereocenters. The van der Waals surface area contributed by atoms with E-state index in [1.54, 1.807) is 53.7 Å². The molecule has 3 rings (SSSR count). The van der Waals surface area contributed by atoms with Crippen LogP contribution in [-0.4, -0.2) is 188 Å². The Bertz CT molecular complexity index is 2170. The number of amides is 3. The fourth-order valence-corrected chi connectivity index (χ4v) is 14.3. The van der Waals surface area contributed by atoms with Gasteiger partial charge in [-0.25, -0.2) is 24.1 Å². The molecular formula is C64H124BrMgN3O15Si4. The van der Waals surface area contributed by atoms with Gasteiger partial charge in [0.05, 0.1) is 33.5 Å². The number of carbonyl (C=O) groups is 6. The van der Waals surface area contributed by atoms with Crippen LogP contribution >= 0.6 is 0 Å². The Kier molecular flexibility index (Phi) is 41.3. The fraction of sp³-hybridized carbons (Fsp3) is 0.797. The third kappa shape index (κ3) is 29.4. The minimum Gasteiger partial charge on any atom is -1.00 e. The van der Waals surface area contributed by atoms with Crippen molar-refractivity contribution in [3.63, 3.8) is 0 Å². The molecule has 2 N–H and O–H groups in total. The van der Waals surface area contributed by atoms with E-state index in [0.29, 0.717) is 12.8 Å². The molecule has 0 aromatic carbocycles. The van der Waals surface area contributed by atoms with E-state index in [1.165, 1.54) is 39.5 Å². The second-order valence-electron chi connectivity index (χ2n) is 29.1. The van der Waals surface area contributed by atoms with Gasteiger partial charge in [-0.1, -0.05) is 113 Å². The van der Waals surface area contributed by atoms with Crippen LogP contribution in [0.2, 0.25) is 72.5 Å². The van der Waals surface area contributed by atoms with Crippen molar-refractivity contribution in [1.29, 1.82) is 0 Å². The molecule has 8 atom stereocenters. The molecule has 0 radical (unpaired) electrons. The van der Waals surface area contributed by atoms with Gasteiger partial charge in [-0.2, -0.15) is 6.42 Å². The number of ether oxygens (including phenoxy) is 5. The summed E-state index contributed by atoms with van der Waals surface area (Å²) in [6, 6.07) is 2.41. The van der Waals surface area contributed by atoms with Crippen LogP contribution in [-0.2, 0) is 56.1 Å². The minimum absolute atomic E-state index is 0. The van der Waals surface area contributed by atoms with Crippen molar-refractivity contribution in [2.75, 3.05) is 21.3 Å². The molecule has 0 aromatic rings. The zero-order chi connectivity index (χ0) is 68.0. The molecule has 3 aliphatic rings. The number of hydrogen-bond acceptors (Lipinski definition) is 16. The predicted octanol–water partition coefficient (Wildman–Crippen LogP) is 10.8. The number of allylic oxidation sites excluding steroid dienone is 3. The monoisotopic (exact) mass is 1390 g/mol. The number of rotatable bonds is 19. The van der Waals surface area contributed by atoms with Crippen molar-refractivity contribution < 1.29 is 87.8 Å². The number of aliphatic hydroxyl groups is 1. The van der Waals surface area contributed by atoms with Gasteiger partial charge in [0.1, 0.15) is 35.4 Å². The Morgan fingerprint density at radius 3 is 1.40 bits per heavy atom. The van der Waals surface area contributed by atoms with Crippen molar-refractivity contribution in [2.24, 2.45) is 0 Å². The van der Waals surface area contributed by atoms with E-state index in [9.17, 15) is 33.9 Å². The average Bonchev–Trinajstić information content (AvgIpc) is 2.13. The van der Waals surface area contributed by atoms with Gasteiger partial charge >= 0.3 is 53.1 Å². The van der Waals surface area contributed by atoms with Gasteiger partial charge in [0, 0.05) is 34.1 Å². The Balaban J connectivity index is -0.000000551.